The van der Waals surface area contributed by atoms with Crippen LogP contribution >= 0.6 is 0 Å². The molecular weight excluding hydrogens is 385 g/mol. The van der Waals surface area contributed by atoms with E-state index < -0.39 is 11.7 Å². The maximum Gasteiger partial charge on any atom is 0.271 e. The van der Waals surface area contributed by atoms with Crippen molar-refractivity contribution in [3.8, 4) is 5.75 Å². The summed E-state index contributed by atoms with van der Waals surface area (Å²) in [5, 5.41) is 6.65. The number of rotatable bonds is 7. The Labute approximate surface area is 173 Å². The third-order valence-corrected chi connectivity index (χ3v) is 4.14. The van der Waals surface area contributed by atoms with Gasteiger partial charge in [0.1, 0.15) is 11.6 Å². The van der Waals surface area contributed by atoms with Crippen LogP contribution in [0.25, 0.3) is 0 Å². The van der Waals surface area contributed by atoms with Gasteiger partial charge in [0.2, 0.25) is 0 Å². The first-order valence-electron chi connectivity index (χ1n) is 9.18. The lowest BCUT2D eigenvalue weighted by Crippen LogP contribution is -2.20. The van der Waals surface area contributed by atoms with Gasteiger partial charge < -0.3 is 10.1 Å². The largest absolute Gasteiger partial charge is 0.484 e. The van der Waals surface area contributed by atoms with Gasteiger partial charge in [0, 0.05) is 11.3 Å². The predicted molar refractivity (Wildman–Crippen MR) is 113 cm³/mol. The first-order chi connectivity index (χ1) is 14.5. The standard InChI is InChI=1S/C23H20FN3O3/c1-16-5-2-3-8-21(16)26-22(28)15-30-20-11-9-17(10-12-20)14-25-27-23(29)18-6-4-7-19(24)13-18/h2-14H,15H2,1H3,(H,26,28)(H,27,29)/b25-14-. The zero-order chi connectivity index (χ0) is 21.3. The average molecular weight is 405 g/mol. The highest BCUT2D eigenvalue weighted by atomic mass is 19.1. The SMILES string of the molecule is Cc1ccccc1NC(=O)COc1ccc(/C=N\NC(=O)c2cccc(F)c2)cc1. The van der Waals surface area contributed by atoms with Crippen molar-refractivity contribution >= 4 is 23.7 Å². The van der Waals surface area contributed by atoms with Crippen molar-refractivity contribution in [2.75, 3.05) is 11.9 Å². The Balaban J connectivity index is 1.47. The van der Waals surface area contributed by atoms with Crippen molar-refractivity contribution < 1.29 is 18.7 Å². The Morgan fingerprint density at radius 1 is 1.03 bits per heavy atom. The first kappa shape index (κ1) is 20.7. The lowest BCUT2D eigenvalue weighted by molar-refractivity contribution is -0.118. The first-order valence-corrected chi connectivity index (χ1v) is 9.18. The minimum absolute atomic E-state index is 0.120. The van der Waals surface area contributed by atoms with Gasteiger partial charge in [-0.15, -0.1) is 0 Å². The van der Waals surface area contributed by atoms with Crippen molar-refractivity contribution in [1.29, 1.82) is 0 Å². The van der Waals surface area contributed by atoms with Crippen LogP contribution in [0.2, 0.25) is 0 Å². The molecule has 152 valence electrons. The van der Waals surface area contributed by atoms with E-state index in [1.54, 1.807) is 24.3 Å². The molecule has 3 aromatic carbocycles. The van der Waals surface area contributed by atoms with E-state index in [9.17, 15) is 14.0 Å². The highest BCUT2D eigenvalue weighted by molar-refractivity contribution is 5.95. The van der Waals surface area contributed by atoms with E-state index in [0.29, 0.717) is 11.3 Å². The number of halogens is 1. The second-order valence-corrected chi connectivity index (χ2v) is 6.43. The molecule has 30 heavy (non-hydrogen) atoms. The molecule has 0 aromatic heterocycles. The van der Waals surface area contributed by atoms with Crippen molar-refractivity contribution in [1.82, 2.24) is 5.43 Å². The van der Waals surface area contributed by atoms with Gasteiger partial charge in [-0.3, -0.25) is 9.59 Å². The molecule has 0 radical (unpaired) electrons. The molecule has 0 atom stereocenters. The Morgan fingerprint density at radius 2 is 1.80 bits per heavy atom. The third-order valence-electron chi connectivity index (χ3n) is 4.14. The van der Waals surface area contributed by atoms with Gasteiger partial charge in [0.25, 0.3) is 11.8 Å². The molecule has 0 aliphatic rings. The molecule has 0 spiro atoms. The lowest BCUT2D eigenvalue weighted by Gasteiger charge is -2.09. The topological polar surface area (TPSA) is 79.8 Å². The van der Waals surface area contributed by atoms with Crippen LogP contribution in [0.15, 0.2) is 77.9 Å². The minimum atomic E-state index is -0.509. The summed E-state index contributed by atoms with van der Waals surface area (Å²) in [6.45, 7) is 1.79. The van der Waals surface area contributed by atoms with Gasteiger partial charge in [-0.1, -0.05) is 24.3 Å². The van der Waals surface area contributed by atoms with Crippen molar-refractivity contribution in [2.45, 2.75) is 6.92 Å². The predicted octanol–water partition coefficient (Wildman–Crippen LogP) is 3.92. The van der Waals surface area contributed by atoms with E-state index in [0.717, 1.165) is 17.3 Å². The number of benzene rings is 3. The molecule has 2 N–H and O–H groups in total. The van der Waals surface area contributed by atoms with Crippen LogP contribution in [0.1, 0.15) is 21.5 Å². The number of hydrogen-bond acceptors (Lipinski definition) is 4. The van der Waals surface area contributed by atoms with Crippen LogP contribution < -0.4 is 15.5 Å². The van der Waals surface area contributed by atoms with Gasteiger partial charge in [-0.2, -0.15) is 5.10 Å². The Hall–Kier alpha value is -4.00. The molecule has 0 fully saturated rings. The minimum Gasteiger partial charge on any atom is -0.484 e. The maximum atomic E-state index is 13.1. The van der Waals surface area contributed by atoms with Crippen LogP contribution in [0.4, 0.5) is 10.1 Å². The van der Waals surface area contributed by atoms with E-state index in [4.69, 9.17) is 4.74 Å². The number of hydrazone groups is 1. The summed E-state index contributed by atoms with van der Waals surface area (Å²) >= 11 is 0. The molecule has 0 bridgehead atoms. The number of hydrogen-bond donors (Lipinski definition) is 2. The molecule has 0 saturated heterocycles. The summed E-state index contributed by atoms with van der Waals surface area (Å²) in [7, 11) is 0. The summed E-state index contributed by atoms with van der Waals surface area (Å²) in [5.74, 6) is -0.731. The second kappa shape index (κ2) is 9.97. The lowest BCUT2D eigenvalue weighted by atomic mass is 10.2. The molecule has 0 aliphatic carbocycles. The van der Waals surface area contributed by atoms with Crippen molar-refractivity contribution in [3.05, 3.63) is 95.3 Å². The van der Waals surface area contributed by atoms with E-state index in [1.165, 1.54) is 24.4 Å². The Morgan fingerprint density at radius 3 is 2.53 bits per heavy atom. The number of nitrogens with one attached hydrogen (secondary N) is 2. The summed E-state index contributed by atoms with van der Waals surface area (Å²) in [5.41, 5.74) is 4.95. The Kier molecular flexibility index (Phi) is 6.89. The molecule has 0 saturated carbocycles. The summed E-state index contributed by atoms with van der Waals surface area (Å²) < 4.78 is 18.6. The number of amides is 2. The molecule has 0 aliphatic heterocycles. The van der Waals surface area contributed by atoms with Gasteiger partial charge in [-0.25, -0.2) is 9.82 Å². The highest BCUT2D eigenvalue weighted by Crippen LogP contribution is 2.14. The number of nitrogens with zero attached hydrogens (tertiary/aromatic N) is 1. The van der Waals surface area contributed by atoms with E-state index in [2.05, 4.69) is 15.8 Å². The normalized spacial score (nSPS) is 10.6. The van der Waals surface area contributed by atoms with Gasteiger partial charge in [-0.05, 0) is 66.6 Å². The summed E-state index contributed by atoms with van der Waals surface area (Å²) in [6, 6.07) is 19.7. The number of carbonyl (C=O) groups is 2. The fourth-order valence-electron chi connectivity index (χ4n) is 2.56. The molecule has 2 amide bonds. The van der Waals surface area contributed by atoms with Crippen molar-refractivity contribution in [2.24, 2.45) is 5.10 Å². The maximum absolute atomic E-state index is 13.1. The fourth-order valence-corrected chi connectivity index (χ4v) is 2.56. The van der Waals surface area contributed by atoms with Crippen LogP contribution in [0.5, 0.6) is 5.75 Å². The molecular formula is C23H20FN3O3. The summed E-state index contributed by atoms with van der Waals surface area (Å²) in [6.07, 6.45) is 1.45. The quantitative estimate of drug-likeness (QED) is 0.462. The monoisotopic (exact) mass is 405 g/mol. The summed E-state index contributed by atoms with van der Waals surface area (Å²) in [4.78, 5) is 23.9. The third kappa shape index (κ3) is 6.00. The zero-order valence-corrected chi connectivity index (χ0v) is 16.3. The second-order valence-electron chi connectivity index (χ2n) is 6.43. The number of anilines is 1. The smallest absolute Gasteiger partial charge is 0.271 e. The van der Waals surface area contributed by atoms with E-state index in [-0.39, 0.29) is 18.1 Å². The molecule has 7 heteroatoms. The van der Waals surface area contributed by atoms with Crippen LogP contribution in [0.3, 0.4) is 0 Å². The number of aryl methyl sites for hydroxylation is 1. The Bertz CT molecular complexity index is 1070. The number of para-hydroxylation sites is 1. The van der Waals surface area contributed by atoms with Gasteiger partial charge in [0.05, 0.1) is 6.21 Å². The average Bonchev–Trinajstić information content (AvgIpc) is 2.75. The van der Waals surface area contributed by atoms with Gasteiger partial charge in [0.15, 0.2) is 6.61 Å². The van der Waals surface area contributed by atoms with Crippen LogP contribution in [-0.2, 0) is 4.79 Å². The van der Waals surface area contributed by atoms with E-state index in [1.807, 2.05) is 31.2 Å². The van der Waals surface area contributed by atoms with Crippen LogP contribution in [0, 0.1) is 12.7 Å². The molecule has 0 unspecified atom stereocenters. The fraction of sp³-hybridized carbons (Fsp3) is 0.0870. The zero-order valence-electron chi connectivity index (χ0n) is 16.3. The highest BCUT2D eigenvalue weighted by Gasteiger charge is 2.06. The molecule has 3 rings (SSSR count). The molecule has 6 nitrogen and oxygen atoms in total. The van der Waals surface area contributed by atoms with Gasteiger partial charge >= 0.3 is 0 Å². The van der Waals surface area contributed by atoms with E-state index >= 15 is 0 Å². The molecule has 3 aromatic rings. The number of carbonyl (C=O) groups excluding carboxylic acids is 2. The number of ether oxygens (including phenoxy) is 1. The molecule has 0 heterocycles. The van der Waals surface area contributed by atoms with Crippen LogP contribution in [-0.4, -0.2) is 24.6 Å². The van der Waals surface area contributed by atoms with Crippen molar-refractivity contribution in [3.63, 3.8) is 0 Å².